The maximum atomic E-state index is 11.0. The van der Waals surface area contributed by atoms with Crippen LogP contribution >= 0.6 is 0 Å². The van der Waals surface area contributed by atoms with Gasteiger partial charge in [-0.15, -0.1) is 0 Å². The van der Waals surface area contributed by atoms with Gasteiger partial charge in [0, 0.05) is 13.0 Å². The maximum absolute atomic E-state index is 11.0. The third-order valence-electron chi connectivity index (χ3n) is 2.46. The molecule has 1 aromatic heterocycles. The summed E-state index contributed by atoms with van der Waals surface area (Å²) in [5.41, 5.74) is 0.384. The first-order valence-electron chi connectivity index (χ1n) is 5.52. The molecule has 0 amide bonds. The smallest absolute Gasteiger partial charge is 0.296 e. The topological polar surface area (TPSA) is 103 Å². The largest absolute Gasteiger partial charge is 0.496 e. The molecule has 0 aliphatic heterocycles. The van der Waals surface area contributed by atoms with Crippen LogP contribution in [0.4, 0.5) is 11.4 Å². The van der Waals surface area contributed by atoms with Crippen molar-refractivity contribution in [2.45, 2.75) is 6.42 Å². The summed E-state index contributed by atoms with van der Waals surface area (Å²) in [4.78, 5) is 14.4. The molecule has 1 heterocycles. The molecule has 100 valence electrons. The zero-order chi connectivity index (χ0) is 13.7. The molecule has 2 rings (SSSR count). The van der Waals surface area contributed by atoms with Gasteiger partial charge in [-0.05, 0) is 12.1 Å². The molecule has 0 spiro atoms. The predicted octanol–water partition coefficient (Wildman–Crippen LogP) is 1.64. The van der Waals surface area contributed by atoms with Crippen molar-refractivity contribution in [1.82, 2.24) is 10.1 Å². The zero-order valence-electron chi connectivity index (χ0n) is 10.2. The van der Waals surface area contributed by atoms with Crippen LogP contribution < -0.4 is 10.1 Å². The van der Waals surface area contributed by atoms with Crippen LogP contribution in [0.25, 0.3) is 0 Å². The van der Waals surface area contributed by atoms with Gasteiger partial charge in [0.15, 0.2) is 6.33 Å². The number of ether oxygens (including phenoxy) is 1. The highest BCUT2D eigenvalue weighted by atomic mass is 16.6. The van der Waals surface area contributed by atoms with E-state index in [1.807, 2.05) is 0 Å². The van der Waals surface area contributed by atoms with Gasteiger partial charge in [-0.3, -0.25) is 10.1 Å². The Morgan fingerprint density at radius 3 is 3.00 bits per heavy atom. The third-order valence-corrected chi connectivity index (χ3v) is 2.46. The lowest BCUT2D eigenvalue weighted by atomic mass is 10.2. The number of methoxy groups -OCH3 is 1. The van der Waals surface area contributed by atoms with Crippen molar-refractivity contribution in [3.63, 3.8) is 0 Å². The van der Waals surface area contributed by atoms with Gasteiger partial charge in [0.2, 0.25) is 5.89 Å². The second-order valence-corrected chi connectivity index (χ2v) is 3.65. The first-order valence-corrected chi connectivity index (χ1v) is 5.52. The van der Waals surface area contributed by atoms with Crippen molar-refractivity contribution < 1.29 is 14.2 Å². The van der Waals surface area contributed by atoms with Crippen molar-refractivity contribution >= 4 is 11.4 Å². The van der Waals surface area contributed by atoms with Crippen LogP contribution in [0.2, 0.25) is 0 Å². The van der Waals surface area contributed by atoms with Crippen molar-refractivity contribution in [2.24, 2.45) is 0 Å². The van der Waals surface area contributed by atoms with E-state index in [0.717, 1.165) is 0 Å². The van der Waals surface area contributed by atoms with Crippen molar-refractivity contribution in [2.75, 3.05) is 19.0 Å². The van der Waals surface area contributed by atoms with Crippen molar-refractivity contribution in [1.29, 1.82) is 0 Å². The van der Waals surface area contributed by atoms with Crippen LogP contribution in [0, 0.1) is 10.1 Å². The molecular weight excluding hydrogens is 252 g/mol. The number of nitro benzene ring substituents is 1. The second kappa shape index (κ2) is 5.80. The van der Waals surface area contributed by atoms with E-state index < -0.39 is 4.92 Å². The Bertz CT molecular complexity index is 556. The van der Waals surface area contributed by atoms with Gasteiger partial charge in [-0.25, -0.2) is 0 Å². The summed E-state index contributed by atoms with van der Waals surface area (Å²) in [5, 5.41) is 17.4. The summed E-state index contributed by atoms with van der Waals surface area (Å²) < 4.78 is 9.79. The van der Waals surface area contributed by atoms with Gasteiger partial charge in [0.1, 0.15) is 11.4 Å². The van der Waals surface area contributed by atoms with Crippen LogP contribution in [0.3, 0.4) is 0 Å². The molecule has 0 saturated heterocycles. The van der Waals surface area contributed by atoms with Crippen LogP contribution in [-0.2, 0) is 6.42 Å². The van der Waals surface area contributed by atoms with Crippen molar-refractivity contribution in [3.05, 3.63) is 40.5 Å². The minimum atomic E-state index is -0.461. The van der Waals surface area contributed by atoms with E-state index in [4.69, 9.17) is 9.26 Å². The average Bonchev–Trinajstić information content (AvgIpc) is 2.92. The first-order chi connectivity index (χ1) is 9.20. The molecule has 0 saturated carbocycles. The summed E-state index contributed by atoms with van der Waals surface area (Å²) in [7, 11) is 1.46. The molecule has 0 unspecified atom stereocenters. The van der Waals surface area contributed by atoms with E-state index >= 15 is 0 Å². The fourth-order valence-corrected chi connectivity index (χ4v) is 1.55. The molecule has 1 N–H and O–H groups in total. The van der Waals surface area contributed by atoms with E-state index in [2.05, 4.69) is 15.5 Å². The lowest BCUT2D eigenvalue weighted by Crippen LogP contribution is -2.07. The molecule has 8 nitrogen and oxygen atoms in total. The number of nitrogens with zero attached hydrogens (tertiary/aromatic N) is 3. The number of anilines is 1. The lowest BCUT2D eigenvalue weighted by molar-refractivity contribution is -0.384. The molecule has 0 fully saturated rings. The Balaban J connectivity index is 2.04. The highest BCUT2D eigenvalue weighted by Crippen LogP contribution is 2.28. The molecule has 0 aliphatic rings. The number of rotatable bonds is 6. The van der Waals surface area contributed by atoms with Gasteiger partial charge in [-0.2, -0.15) is 4.98 Å². The summed E-state index contributed by atoms with van der Waals surface area (Å²) >= 11 is 0. The number of aromatic nitrogens is 2. The molecule has 2 aromatic rings. The molecule has 19 heavy (non-hydrogen) atoms. The monoisotopic (exact) mass is 264 g/mol. The zero-order valence-corrected chi connectivity index (χ0v) is 10.2. The Hall–Kier alpha value is -2.64. The molecule has 0 aliphatic carbocycles. The molecule has 0 atom stereocenters. The normalized spacial score (nSPS) is 10.2. The van der Waals surface area contributed by atoms with E-state index in [-0.39, 0.29) is 5.69 Å². The van der Waals surface area contributed by atoms with E-state index in [1.165, 1.54) is 19.5 Å². The average molecular weight is 264 g/mol. The van der Waals surface area contributed by atoms with Gasteiger partial charge >= 0.3 is 0 Å². The van der Waals surface area contributed by atoms with E-state index in [0.29, 0.717) is 30.3 Å². The summed E-state index contributed by atoms with van der Waals surface area (Å²) in [6.07, 6.45) is 1.80. The SMILES string of the molecule is COc1ccc(NCCc2ncno2)c([N+](=O)[O-])c1. The van der Waals surface area contributed by atoms with E-state index in [9.17, 15) is 10.1 Å². The Morgan fingerprint density at radius 2 is 2.37 bits per heavy atom. The summed E-state index contributed by atoms with van der Waals surface area (Å²) in [6, 6.07) is 4.63. The molecule has 1 aromatic carbocycles. The molecule has 0 radical (unpaired) electrons. The fraction of sp³-hybridized carbons (Fsp3) is 0.273. The predicted molar refractivity (Wildman–Crippen MR) is 66.1 cm³/mol. The standard InChI is InChI=1S/C11H12N4O4/c1-18-8-2-3-9(10(6-8)15(16)17)12-5-4-11-13-7-14-19-11/h2-3,6-7,12H,4-5H2,1H3. The Kier molecular flexibility index (Phi) is 3.91. The van der Waals surface area contributed by atoms with Gasteiger partial charge in [0.05, 0.1) is 18.1 Å². The number of hydrogen-bond acceptors (Lipinski definition) is 7. The lowest BCUT2D eigenvalue weighted by Gasteiger charge is -2.07. The van der Waals surface area contributed by atoms with Crippen LogP contribution in [0.1, 0.15) is 5.89 Å². The molecular formula is C11H12N4O4. The summed E-state index contributed by atoms with van der Waals surface area (Å²) in [5.74, 6) is 0.915. The van der Waals surface area contributed by atoms with E-state index in [1.54, 1.807) is 12.1 Å². The van der Waals surface area contributed by atoms with Crippen LogP contribution in [0.5, 0.6) is 5.75 Å². The number of nitro groups is 1. The number of nitrogens with one attached hydrogen (secondary N) is 1. The van der Waals surface area contributed by atoms with Gasteiger partial charge < -0.3 is 14.6 Å². The minimum Gasteiger partial charge on any atom is -0.496 e. The Morgan fingerprint density at radius 1 is 1.53 bits per heavy atom. The highest BCUT2D eigenvalue weighted by Gasteiger charge is 2.14. The Labute approximate surface area is 108 Å². The summed E-state index contributed by atoms with van der Waals surface area (Å²) in [6.45, 7) is 0.454. The third kappa shape index (κ3) is 3.18. The highest BCUT2D eigenvalue weighted by molar-refractivity contribution is 5.63. The van der Waals surface area contributed by atoms with Crippen molar-refractivity contribution in [3.8, 4) is 5.75 Å². The van der Waals surface area contributed by atoms with Gasteiger partial charge in [0.25, 0.3) is 5.69 Å². The number of hydrogen-bond donors (Lipinski definition) is 1. The van der Waals surface area contributed by atoms with Gasteiger partial charge in [-0.1, -0.05) is 5.16 Å². The molecule has 8 heteroatoms. The minimum absolute atomic E-state index is 0.0371. The first kappa shape index (κ1) is 12.8. The molecule has 0 bridgehead atoms. The fourth-order valence-electron chi connectivity index (χ4n) is 1.55. The second-order valence-electron chi connectivity index (χ2n) is 3.65. The van der Waals surface area contributed by atoms with Crippen LogP contribution in [0.15, 0.2) is 29.0 Å². The number of benzene rings is 1. The van der Waals surface area contributed by atoms with Crippen LogP contribution in [-0.4, -0.2) is 28.7 Å². The maximum Gasteiger partial charge on any atom is 0.296 e. The quantitative estimate of drug-likeness (QED) is 0.624.